The molecule has 100 valence electrons. The Kier molecular flexibility index (Phi) is 3.38. The number of carbonyl (C=O) groups excluding carboxylic acids is 1. The molecule has 20 heavy (non-hydrogen) atoms. The topological polar surface area (TPSA) is 44.9 Å². The Bertz CT molecular complexity index is 795. The van der Waals surface area contributed by atoms with E-state index < -0.39 is 0 Å². The summed E-state index contributed by atoms with van der Waals surface area (Å²) >= 11 is 11.9. The fraction of sp³-hybridized carbons (Fsp3) is 0. The molecular weight excluding hydrogens is 295 g/mol. The maximum atomic E-state index is 12.3. The lowest BCUT2D eigenvalue weighted by molar-refractivity contribution is 0.102. The standard InChI is InChI=1S/C15H10Cl2N2O/c16-9-2-1-3-11(6-9)19-15(20)13-8-18-14-5-4-10(17)7-12(13)14/h1-8,18H,(H,19,20). The summed E-state index contributed by atoms with van der Waals surface area (Å²) in [6, 6.07) is 12.4. The first-order valence-corrected chi connectivity index (χ1v) is 6.72. The average Bonchev–Trinajstić information content (AvgIpc) is 2.81. The summed E-state index contributed by atoms with van der Waals surface area (Å²) in [4.78, 5) is 15.3. The minimum absolute atomic E-state index is 0.208. The molecule has 3 aromatic rings. The molecule has 0 spiro atoms. The summed E-state index contributed by atoms with van der Waals surface area (Å²) in [5, 5.41) is 4.76. The molecule has 3 nitrogen and oxygen atoms in total. The van der Waals surface area contributed by atoms with Gasteiger partial charge in [-0.05, 0) is 36.4 Å². The predicted octanol–water partition coefficient (Wildman–Crippen LogP) is 4.73. The van der Waals surface area contributed by atoms with Gasteiger partial charge in [0.05, 0.1) is 5.56 Å². The van der Waals surface area contributed by atoms with Gasteiger partial charge in [0.25, 0.3) is 5.91 Å². The predicted molar refractivity (Wildman–Crippen MR) is 82.7 cm³/mol. The lowest BCUT2D eigenvalue weighted by Crippen LogP contribution is -2.11. The van der Waals surface area contributed by atoms with Crippen molar-refractivity contribution >= 4 is 45.7 Å². The van der Waals surface area contributed by atoms with Crippen molar-refractivity contribution < 1.29 is 4.79 Å². The molecule has 0 fully saturated rings. The Morgan fingerprint density at radius 2 is 1.85 bits per heavy atom. The minimum Gasteiger partial charge on any atom is -0.360 e. The number of hydrogen-bond acceptors (Lipinski definition) is 1. The second-order valence-electron chi connectivity index (χ2n) is 4.36. The van der Waals surface area contributed by atoms with Gasteiger partial charge in [0.15, 0.2) is 0 Å². The summed E-state index contributed by atoms with van der Waals surface area (Å²) in [5.41, 5.74) is 2.06. The van der Waals surface area contributed by atoms with Gasteiger partial charge in [0.2, 0.25) is 0 Å². The number of halogens is 2. The fourth-order valence-electron chi connectivity index (χ4n) is 2.05. The molecule has 3 rings (SSSR count). The molecule has 1 amide bonds. The van der Waals surface area contributed by atoms with Gasteiger partial charge in [-0.3, -0.25) is 4.79 Å². The SMILES string of the molecule is O=C(Nc1cccc(Cl)c1)c1c[nH]c2ccc(Cl)cc12. The van der Waals surface area contributed by atoms with Crippen LogP contribution in [0.15, 0.2) is 48.7 Å². The molecule has 0 saturated heterocycles. The van der Waals surface area contributed by atoms with Crippen molar-refractivity contribution in [2.75, 3.05) is 5.32 Å². The first-order valence-electron chi connectivity index (χ1n) is 5.97. The summed E-state index contributed by atoms with van der Waals surface area (Å²) in [6.07, 6.45) is 1.67. The van der Waals surface area contributed by atoms with Crippen molar-refractivity contribution in [2.24, 2.45) is 0 Å². The second-order valence-corrected chi connectivity index (χ2v) is 5.23. The molecule has 0 bridgehead atoms. The van der Waals surface area contributed by atoms with Crippen molar-refractivity contribution in [3.63, 3.8) is 0 Å². The van der Waals surface area contributed by atoms with Crippen LogP contribution in [-0.2, 0) is 0 Å². The maximum Gasteiger partial charge on any atom is 0.257 e. The number of nitrogens with one attached hydrogen (secondary N) is 2. The Morgan fingerprint density at radius 3 is 2.65 bits per heavy atom. The van der Waals surface area contributed by atoms with E-state index in [1.807, 2.05) is 6.07 Å². The molecule has 2 aromatic carbocycles. The van der Waals surface area contributed by atoms with Gasteiger partial charge < -0.3 is 10.3 Å². The minimum atomic E-state index is -0.208. The van der Waals surface area contributed by atoms with Crippen molar-refractivity contribution in [2.45, 2.75) is 0 Å². The maximum absolute atomic E-state index is 12.3. The van der Waals surface area contributed by atoms with Crippen LogP contribution in [-0.4, -0.2) is 10.9 Å². The van der Waals surface area contributed by atoms with Gasteiger partial charge in [0, 0.05) is 32.8 Å². The third-order valence-corrected chi connectivity index (χ3v) is 3.44. The highest BCUT2D eigenvalue weighted by Crippen LogP contribution is 2.23. The van der Waals surface area contributed by atoms with Crippen LogP contribution < -0.4 is 5.32 Å². The van der Waals surface area contributed by atoms with Crippen LogP contribution in [0, 0.1) is 0 Å². The molecule has 1 aromatic heterocycles. The Hall–Kier alpha value is -1.97. The first-order chi connectivity index (χ1) is 9.63. The second kappa shape index (κ2) is 5.19. The van der Waals surface area contributed by atoms with Gasteiger partial charge in [0.1, 0.15) is 0 Å². The quantitative estimate of drug-likeness (QED) is 0.706. The number of aromatic amines is 1. The number of hydrogen-bond donors (Lipinski definition) is 2. The first kappa shape index (κ1) is 13.0. The highest BCUT2D eigenvalue weighted by Gasteiger charge is 2.12. The Balaban J connectivity index is 1.94. The molecule has 0 unspecified atom stereocenters. The van der Waals surface area contributed by atoms with E-state index in [4.69, 9.17) is 23.2 Å². The monoisotopic (exact) mass is 304 g/mol. The number of aromatic nitrogens is 1. The smallest absolute Gasteiger partial charge is 0.257 e. The Morgan fingerprint density at radius 1 is 1.05 bits per heavy atom. The molecule has 0 saturated carbocycles. The van der Waals surface area contributed by atoms with Crippen molar-refractivity contribution in [3.05, 3.63) is 64.3 Å². The number of amides is 1. The third kappa shape index (κ3) is 2.50. The van der Waals surface area contributed by atoms with E-state index in [2.05, 4.69) is 10.3 Å². The molecule has 0 aliphatic heterocycles. The zero-order chi connectivity index (χ0) is 14.1. The van der Waals surface area contributed by atoms with Crippen molar-refractivity contribution in [1.82, 2.24) is 4.98 Å². The van der Waals surface area contributed by atoms with E-state index in [-0.39, 0.29) is 5.91 Å². The molecule has 0 aliphatic carbocycles. The van der Waals surface area contributed by atoms with Crippen molar-refractivity contribution in [1.29, 1.82) is 0 Å². The van der Waals surface area contributed by atoms with Crippen LogP contribution in [0.4, 0.5) is 5.69 Å². The normalized spacial score (nSPS) is 10.7. The van der Waals surface area contributed by atoms with Crippen LogP contribution in [0.5, 0.6) is 0 Å². The lowest BCUT2D eigenvalue weighted by Gasteiger charge is -2.04. The summed E-state index contributed by atoms with van der Waals surface area (Å²) in [5.74, 6) is -0.208. The van der Waals surface area contributed by atoms with Gasteiger partial charge in [-0.25, -0.2) is 0 Å². The molecule has 1 heterocycles. The van der Waals surface area contributed by atoms with Crippen molar-refractivity contribution in [3.8, 4) is 0 Å². The molecule has 2 N–H and O–H groups in total. The Labute approximate surface area is 125 Å². The summed E-state index contributed by atoms with van der Waals surface area (Å²) in [7, 11) is 0. The largest absolute Gasteiger partial charge is 0.360 e. The van der Waals surface area contributed by atoms with E-state index in [0.717, 1.165) is 10.9 Å². The van der Waals surface area contributed by atoms with E-state index in [0.29, 0.717) is 21.3 Å². The van der Waals surface area contributed by atoms with E-state index in [1.54, 1.807) is 42.6 Å². The van der Waals surface area contributed by atoms with E-state index >= 15 is 0 Å². The number of H-pyrrole nitrogens is 1. The van der Waals surface area contributed by atoms with E-state index in [1.165, 1.54) is 0 Å². The molecule has 0 aliphatic rings. The fourth-order valence-corrected chi connectivity index (χ4v) is 2.41. The van der Waals surface area contributed by atoms with Gasteiger partial charge in [-0.1, -0.05) is 29.3 Å². The number of rotatable bonds is 2. The summed E-state index contributed by atoms with van der Waals surface area (Å²) in [6.45, 7) is 0. The highest BCUT2D eigenvalue weighted by atomic mass is 35.5. The van der Waals surface area contributed by atoms with Crippen LogP contribution in [0.3, 0.4) is 0 Å². The lowest BCUT2D eigenvalue weighted by atomic mass is 10.1. The van der Waals surface area contributed by atoms with E-state index in [9.17, 15) is 4.79 Å². The summed E-state index contributed by atoms with van der Waals surface area (Å²) < 4.78 is 0. The van der Waals surface area contributed by atoms with Gasteiger partial charge >= 0.3 is 0 Å². The van der Waals surface area contributed by atoms with Gasteiger partial charge in [-0.15, -0.1) is 0 Å². The number of fused-ring (bicyclic) bond motifs is 1. The van der Waals surface area contributed by atoms with Crippen LogP contribution in [0.25, 0.3) is 10.9 Å². The molecular formula is C15H10Cl2N2O. The third-order valence-electron chi connectivity index (χ3n) is 2.97. The molecule has 5 heteroatoms. The average molecular weight is 305 g/mol. The highest BCUT2D eigenvalue weighted by molar-refractivity contribution is 6.32. The van der Waals surface area contributed by atoms with Crippen LogP contribution in [0.2, 0.25) is 10.0 Å². The van der Waals surface area contributed by atoms with Crippen LogP contribution in [0.1, 0.15) is 10.4 Å². The number of anilines is 1. The molecule has 0 radical (unpaired) electrons. The number of carbonyl (C=O) groups is 1. The van der Waals surface area contributed by atoms with Crippen LogP contribution >= 0.6 is 23.2 Å². The van der Waals surface area contributed by atoms with Gasteiger partial charge in [-0.2, -0.15) is 0 Å². The molecule has 0 atom stereocenters. The zero-order valence-electron chi connectivity index (χ0n) is 10.3. The number of benzene rings is 2. The zero-order valence-corrected chi connectivity index (χ0v) is 11.8.